The van der Waals surface area contributed by atoms with Crippen LogP contribution in [0.15, 0.2) is 53.5 Å². The van der Waals surface area contributed by atoms with E-state index in [-0.39, 0.29) is 47.7 Å². The summed E-state index contributed by atoms with van der Waals surface area (Å²) < 4.78 is 54.3. The Labute approximate surface area is 209 Å². The third-order valence-corrected chi connectivity index (χ3v) is 6.64. The van der Waals surface area contributed by atoms with Crippen LogP contribution in [0, 0.1) is 0 Å². The number of nitrogens with two attached hydrogens (primary N) is 1. The molecule has 0 saturated heterocycles. The Hall–Kier alpha value is -2.99. The number of benzene rings is 2. The minimum atomic E-state index is -3.90. The van der Waals surface area contributed by atoms with Crippen molar-refractivity contribution in [3.63, 3.8) is 0 Å². The number of nitrogens with zero attached hydrogens (tertiary/aromatic N) is 2. The van der Waals surface area contributed by atoms with Gasteiger partial charge in [-0.1, -0.05) is 6.07 Å². The lowest BCUT2D eigenvalue weighted by atomic mass is 10.0. The molecule has 1 aromatic heterocycles. The van der Waals surface area contributed by atoms with Gasteiger partial charge in [0.25, 0.3) is 0 Å². The molecule has 0 atom stereocenters. The molecule has 190 valence electrons. The quantitative estimate of drug-likeness (QED) is 0.409. The second kappa shape index (κ2) is 11.6. The van der Waals surface area contributed by atoms with E-state index in [1.54, 1.807) is 32.0 Å². The van der Waals surface area contributed by atoms with Gasteiger partial charge in [0.1, 0.15) is 16.5 Å². The highest BCUT2D eigenvalue weighted by molar-refractivity contribution is 7.89. The highest BCUT2D eigenvalue weighted by Crippen LogP contribution is 2.34. The predicted octanol–water partition coefficient (Wildman–Crippen LogP) is 3.42. The summed E-state index contributed by atoms with van der Waals surface area (Å²) in [5, 5.41) is 0. The van der Waals surface area contributed by atoms with E-state index >= 15 is 0 Å². The Balaban J connectivity index is 0.00000432. The van der Waals surface area contributed by atoms with Crippen LogP contribution in [-0.4, -0.2) is 50.7 Å². The van der Waals surface area contributed by atoms with Gasteiger partial charge in [-0.25, -0.2) is 27.3 Å². The molecule has 0 saturated carbocycles. The minimum Gasteiger partial charge on any atom is -0.495 e. The smallest absolute Gasteiger partial charge is 0.337 e. The van der Waals surface area contributed by atoms with E-state index in [1.165, 1.54) is 43.3 Å². The molecule has 2 aromatic carbocycles. The van der Waals surface area contributed by atoms with Crippen molar-refractivity contribution in [2.75, 3.05) is 20.8 Å². The van der Waals surface area contributed by atoms with Gasteiger partial charge in [0.05, 0.1) is 43.7 Å². The lowest BCUT2D eigenvalue weighted by Crippen LogP contribution is -2.30. The Bertz CT molecular complexity index is 1360. The zero-order valence-corrected chi connectivity index (χ0v) is 21.4. The van der Waals surface area contributed by atoms with Crippen LogP contribution in [-0.2, 0) is 21.3 Å². The SMILES string of the molecule is COC(=O)c1cc(-c2ccc(OC)c(S(=O)(=O)NC(C)C)c2)c2ncn(CC(F)=CCN)c2c1.Cl. The molecule has 0 unspecified atom stereocenters. The first kappa shape index (κ1) is 28.2. The number of hydrogen-bond donors (Lipinski definition) is 2. The standard InChI is InChI=1S/C23H27FN4O5S.ClH/c1-14(2)27-34(30,31)21-11-15(5-6-20(21)32-3)18-9-16(23(29)33-4)10-19-22(18)26-13-28(19)12-17(24)7-8-25;/h5-7,9-11,13-14,27H,8,12,25H2,1-4H3;1H. The number of halogens is 2. The molecule has 3 N–H and O–H groups in total. The molecule has 12 heteroatoms. The van der Waals surface area contributed by atoms with Crippen molar-refractivity contribution in [2.24, 2.45) is 5.73 Å². The minimum absolute atomic E-state index is 0. The van der Waals surface area contributed by atoms with Gasteiger partial charge in [-0.3, -0.25) is 0 Å². The molecule has 9 nitrogen and oxygen atoms in total. The van der Waals surface area contributed by atoms with Crippen molar-refractivity contribution in [3.8, 4) is 16.9 Å². The maximum Gasteiger partial charge on any atom is 0.337 e. The first-order chi connectivity index (χ1) is 16.1. The number of carbonyl (C=O) groups is 1. The van der Waals surface area contributed by atoms with Crippen molar-refractivity contribution < 1.29 is 27.1 Å². The maximum absolute atomic E-state index is 14.2. The van der Waals surface area contributed by atoms with Crippen molar-refractivity contribution in [1.29, 1.82) is 0 Å². The Kier molecular flexibility index (Phi) is 9.38. The molecule has 3 aromatic rings. The molecule has 1 heterocycles. The van der Waals surface area contributed by atoms with E-state index in [1.807, 2.05) is 0 Å². The summed E-state index contributed by atoms with van der Waals surface area (Å²) in [5.74, 6) is -0.891. The lowest BCUT2D eigenvalue weighted by Gasteiger charge is -2.15. The molecular formula is C23H28ClFN4O5S. The number of hydrogen-bond acceptors (Lipinski definition) is 7. The molecule has 0 aliphatic carbocycles. The molecule has 0 fully saturated rings. The molecule has 0 aliphatic rings. The van der Waals surface area contributed by atoms with Crippen LogP contribution in [0.3, 0.4) is 0 Å². The van der Waals surface area contributed by atoms with Crippen LogP contribution >= 0.6 is 12.4 Å². The maximum atomic E-state index is 14.2. The number of ether oxygens (including phenoxy) is 2. The van der Waals surface area contributed by atoms with Crippen molar-refractivity contribution in [2.45, 2.75) is 31.3 Å². The van der Waals surface area contributed by atoms with E-state index in [0.29, 0.717) is 22.2 Å². The zero-order valence-electron chi connectivity index (χ0n) is 19.7. The fraction of sp³-hybridized carbons (Fsp3) is 0.304. The molecule has 0 bridgehead atoms. The zero-order chi connectivity index (χ0) is 25.0. The van der Waals surface area contributed by atoms with Crippen molar-refractivity contribution in [1.82, 2.24) is 14.3 Å². The molecule has 0 radical (unpaired) electrons. The van der Waals surface area contributed by atoms with Crippen LogP contribution in [0.25, 0.3) is 22.2 Å². The monoisotopic (exact) mass is 526 g/mol. The number of methoxy groups -OCH3 is 2. The summed E-state index contributed by atoms with van der Waals surface area (Å²) in [6, 6.07) is 7.42. The number of fused-ring (bicyclic) bond motifs is 1. The molecule has 35 heavy (non-hydrogen) atoms. The second-order valence-electron chi connectivity index (χ2n) is 7.78. The molecule has 0 aliphatic heterocycles. The van der Waals surface area contributed by atoms with E-state index in [2.05, 4.69) is 9.71 Å². The summed E-state index contributed by atoms with van der Waals surface area (Å²) in [5.41, 5.74) is 7.47. The average Bonchev–Trinajstić information content (AvgIpc) is 3.19. The molecule has 0 amide bonds. The summed E-state index contributed by atoms with van der Waals surface area (Å²) in [7, 11) is -1.26. The van der Waals surface area contributed by atoms with Gasteiger partial charge < -0.3 is 19.8 Å². The fourth-order valence-electron chi connectivity index (χ4n) is 3.53. The number of aromatic nitrogens is 2. The van der Waals surface area contributed by atoms with Crippen molar-refractivity contribution >= 4 is 39.4 Å². The average molecular weight is 527 g/mol. The summed E-state index contributed by atoms with van der Waals surface area (Å²) >= 11 is 0. The van der Waals surface area contributed by atoms with Crippen LogP contribution in [0.1, 0.15) is 24.2 Å². The summed E-state index contributed by atoms with van der Waals surface area (Å²) in [6.07, 6.45) is 2.69. The van der Waals surface area contributed by atoms with Gasteiger partial charge in [0.15, 0.2) is 0 Å². The molecular weight excluding hydrogens is 499 g/mol. The lowest BCUT2D eigenvalue weighted by molar-refractivity contribution is 0.0601. The summed E-state index contributed by atoms with van der Waals surface area (Å²) in [6.45, 7) is 3.34. The first-order valence-corrected chi connectivity index (χ1v) is 11.9. The first-order valence-electron chi connectivity index (χ1n) is 10.4. The number of imidazole rings is 1. The Morgan fingerprint density at radius 3 is 2.57 bits per heavy atom. The van der Waals surface area contributed by atoms with Gasteiger partial charge in [-0.2, -0.15) is 0 Å². The van der Waals surface area contributed by atoms with Crippen LogP contribution in [0.5, 0.6) is 5.75 Å². The van der Waals surface area contributed by atoms with Crippen molar-refractivity contribution in [3.05, 3.63) is 54.1 Å². The number of carbonyl (C=O) groups excluding carboxylic acids is 1. The van der Waals surface area contributed by atoms with Gasteiger partial charge >= 0.3 is 5.97 Å². The normalized spacial score (nSPS) is 12.0. The second-order valence-corrected chi connectivity index (χ2v) is 9.47. The van der Waals surface area contributed by atoms with E-state index in [0.717, 1.165) is 0 Å². The highest BCUT2D eigenvalue weighted by atomic mass is 35.5. The van der Waals surface area contributed by atoms with Crippen LogP contribution in [0.2, 0.25) is 0 Å². The number of nitrogens with one attached hydrogen (secondary N) is 1. The van der Waals surface area contributed by atoms with Gasteiger partial charge in [0.2, 0.25) is 10.0 Å². The number of sulfonamides is 1. The van der Waals surface area contributed by atoms with E-state index in [9.17, 15) is 17.6 Å². The van der Waals surface area contributed by atoms with Gasteiger partial charge in [-0.15, -0.1) is 12.4 Å². The third kappa shape index (κ3) is 6.17. The third-order valence-electron chi connectivity index (χ3n) is 4.96. The van der Waals surface area contributed by atoms with Crippen LogP contribution in [0.4, 0.5) is 4.39 Å². The Morgan fingerprint density at radius 2 is 1.97 bits per heavy atom. The van der Waals surface area contributed by atoms with E-state index < -0.39 is 21.8 Å². The van der Waals surface area contributed by atoms with E-state index in [4.69, 9.17) is 15.2 Å². The Morgan fingerprint density at radius 1 is 1.26 bits per heavy atom. The van der Waals surface area contributed by atoms with Gasteiger partial charge in [0, 0.05) is 18.2 Å². The number of allylic oxidation sites excluding steroid dienone is 1. The number of rotatable bonds is 9. The number of esters is 1. The van der Waals surface area contributed by atoms with Crippen LogP contribution < -0.4 is 15.2 Å². The molecule has 3 rings (SSSR count). The fourth-order valence-corrected chi connectivity index (χ4v) is 4.97. The largest absolute Gasteiger partial charge is 0.495 e. The summed E-state index contributed by atoms with van der Waals surface area (Å²) in [4.78, 5) is 16.7. The van der Waals surface area contributed by atoms with Gasteiger partial charge in [-0.05, 0) is 49.8 Å². The molecule has 0 spiro atoms. The topological polar surface area (TPSA) is 126 Å². The highest BCUT2D eigenvalue weighted by Gasteiger charge is 2.23. The predicted molar refractivity (Wildman–Crippen MR) is 134 cm³/mol.